The summed E-state index contributed by atoms with van der Waals surface area (Å²) < 4.78 is 0.877. The van der Waals surface area contributed by atoms with Gasteiger partial charge in [0.25, 0.3) is 0 Å². The predicted octanol–water partition coefficient (Wildman–Crippen LogP) is 3.10. The van der Waals surface area contributed by atoms with Crippen molar-refractivity contribution in [1.82, 2.24) is 15.1 Å². The van der Waals surface area contributed by atoms with Crippen LogP contribution in [0.5, 0.6) is 0 Å². The zero-order valence-electron chi connectivity index (χ0n) is 13.4. The van der Waals surface area contributed by atoms with Crippen LogP contribution in [0.1, 0.15) is 40.0 Å². The van der Waals surface area contributed by atoms with Crippen molar-refractivity contribution in [3.63, 3.8) is 0 Å². The molecule has 1 aromatic heterocycles. The molecule has 22 heavy (non-hydrogen) atoms. The maximum Gasteiger partial charge on any atom is 0.235 e. The summed E-state index contributed by atoms with van der Waals surface area (Å²) in [7, 11) is 0. The molecule has 2 aliphatic rings. The Bertz CT molecular complexity index is 521. The predicted molar refractivity (Wildman–Crippen MR) is 91.4 cm³/mol. The normalized spacial score (nSPS) is 26.8. The SMILES string of the molecule is CC1CC(C)CN(C(=O)C(C)Sc2nnc(NC3CC3)s2)C1. The summed E-state index contributed by atoms with van der Waals surface area (Å²) in [5.74, 6) is 1.43. The van der Waals surface area contributed by atoms with Gasteiger partial charge >= 0.3 is 0 Å². The number of carbonyl (C=O) groups is 1. The monoisotopic (exact) mass is 340 g/mol. The summed E-state index contributed by atoms with van der Waals surface area (Å²) in [5, 5.41) is 12.5. The van der Waals surface area contributed by atoms with Crippen LogP contribution in [0.15, 0.2) is 4.34 Å². The van der Waals surface area contributed by atoms with Crippen LogP contribution < -0.4 is 5.32 Å². The van der Waals surface area contributed by atoms with E-state index in [0.717, 1.165) is 22.6 Å². The molecule has 1 amide bonds. The number of amides is 1. The first kappa shape index (κ1) is 16.1. The van der Waals surface area contributed by atoms with Gasteiger partial charge in [0, 0.05) is 19.1 Å². The largest absolute Gasteiger partial charge is 0.357 e. The molecule has 3 rings (SSSR count). The van der Waals surface area contributed by atoms with Crippen molar-refractivity contribution in [2.75, 3.05) is 18.4 Å². The Morgan fingerprint density at radius 3 is 2.64 bits per heavy atom. The number of rotatable bonds is 5. The van der Waals surface area contributed by atoms with Crippen LogP contribution in [0.2, 0.25) is 0 Å². The summed E-state index contributed by atoms with van der Waals surface area (Å²) >= 11 is 3.08. The minimum atomic E-state index is -0.0979. The van der Waals surface area contributed by atoms with Gasteiger partial charge in [-0.3, -0.25) is 4.79 Å². The summed E-state index contributed by atoms with van der Waals surface area (Å²) in [6.45, 7) is 8.21. The Kier molecular flexibility index (Phi) is 4.92. The molecule has 0 spiro atoms. The number of aromatic nitrogens is 2. The van der Waals surface area contributed by atoms with Crippen molar-refractivity contribution in [1.29, 1.82) is 0 Å². The van der Waals surface area contributed by atoms with E-state index in [4.69, 9.17) is 0 Å². The number of likely N-dealkylation sites (tertiary alicyclic amines) is 1. The molecule has 1 aliphatic heterocycles. The maximum atomic E-state index is 12.6. The second kappa shape index (κ2) is 6.74. The van der Waals surface area contributed by atoms with Crippen molar-refractivity contribution in [3.8, 4) is 0 Å². The van der Waals surface area contributed by atoms with Gasteiger partial charge in [-0.2, -0.15) is 0 Å². The molecule has 7 heteroatoms. The molecule has 122 valence electrons. The highest BCUT2D eigenvalue weighted by molar-refractivity contribution is 8.02. The first-order valence-corrected chi connectivity index (χ1v) is 9.76. The molecule has 3 atom stereocenters. The first-order valence-electron chi connectivity index (χ1n) is 8.06. The molecule has 3 unspecified atom stereocenters. The number of nitrogens with zero attached hydrogens (tertiary/aromatic N) is 3. The molecule has 2 fully saturated rings. The van der Waals surface area contributed by atoms with Gasteiger partial charge in [0.2, 0.25) is 11.0 Å². The quantitative estimate of drug-likeness (QED) is 0.835. The average Bonchev–Trinajstić information content (AvgIpc) is 3.16. The minimum absolute atomic E-state index is 0.0979. The standard InChI is InChI=1S/C15H24N4OS2/c1-9-6-10(2)8-19(7-9)13(20)11(3)21-15-18-17-14(22-15)16-12-4-5-12/h9-12H,4-8H2,1-3H3,(H,16,17). The van der Waals surface area contributed by atoms with E-state index in [9.17, 15) is 4.79 Å². The van der Waals surface area contributed by atoms with Crippen LogP contribution in [0.4, 0.5) is 5.13 Å². The molecular formula is C15H24N4OS2. The van der Waals surface area contributed by atoms with Gasteiger partial charge < -0.3 is 10.2 Å². The fraction of sp³-hybridized carbons (Fsp3) is 0.800. The summed E-state index contributed by atoms with van der Waals surface area (Å²) in [4.78, 5) is 14.7. The Morgan fingerprint density at radius 2 is 2.00 bits per heavy atom. The van der Waals surface area contributed by atoms with Gasteiger partial charge in [-0.25, -0.2) is 0 Å². The molecule has 0 radical (unpaired) electrons. The lowest BCUT2D eigenvalue weighted by Gasteiger charge is -2.36. The highest BCUT2D eigenvalue weighted by Gasteiger charge is 2.29. The van der Waals surface area contributed by atoms with Crippen LogP contribution in [-0.2, 0) is 4.79 Å². The van der Waals surface area contributed by atoms with E-state index in [1.165, 1.54) is 31.0 Å². The van der Waals surface area contributed by atoms with E-state index in [0.29, 0.717) is 17.9 Å². The lowest BCUT2D eigenvalue weighted by molar-refractivity contribution is -0.132. The Hall–Kier alpha value is -0.820. The van der Waals surface area contributed by atoms with Crippen LogP contribution in [-0.4, -0.2) is 45.4 Å². The third-order valence-electron chi connectivity index (χ3n) is 4.12. The van der Waals surface area contributed by atoms with Gasteiger partial charge in [-0.15, -0.1) is 10.2 Å². The zero-order valence-corrected chi connectivity index (χ0v) is 15.0. The average molecular weight is 341 g/mol. The van der Waals surface area contributed by atoms with Gasteiger partial charge in [0.15, 0.2) is 4.34 Å². The van der Waals surface area contributed by atoms with E-state index >= 15 is 0 Å². The summed E-state index contributed by atoms with van der Waals surface area (Å²) in [6, 6.07) is 0.584. The lowest BCUT2D eigenvalue weighted by Crippen LogP contribution is -2.45. The third kappa shape index (κ3) is 4.13. The second-order valence-electron chi connectivity index (χ2n) is 6.74. The number of nitrogens with one attached hydrogen (secondary N) is 1. The molecule has 1 saturated heterocycles. The van der Waals surface area contributed by atoms with Crippen molar-refractivity contribution >= 4 is 34.1 Å². The smallest absolute Gasteiger partial charge is 0.235 e. The highest BCUT2D eigenvalue weighted by atomic mass is 32.2. The Labute approximate surface area is 140 Å². The molecule has 1 saturated carbocycles. The molecule has 1 aliphatic carbocycles. The first-order chi connectivity index (χ1) is 10.5. The van der Waals surface area contributed by atoms with Crippen molar-refractivity contribution in [2.24, 2.45) is 11.8 Å². The number of anilines is 1. The molecule has 1 N–H and O–H groups in total. The van der Waals surface area contributed by atoms with E-state index < -0.39 is 0 Å². The molecule has 5 nitrogen and oxygen atoms in total. The Balaban J connectivity index is 1.54. The molecular weight excluding hydrogens is 316 g/mol. The molecule has 2 heterocycles. The number of carbonyl (C=O) groups excluding carboxylic acids is 1. The summed E-state index contributed by atoms with van der Waals surface area (Å²) in [5.41, 5.74) is 0. The van der Waals surface area contributed by atoms with Crippen LogP contribution in [0, 0.1) is 11.8 Å². The number of piperidine rings is 1. The highest BCUT2D eigenvalue weighted by Crippen LogP contribution is 2.33. The fourth-order valence-electron chi connectivity index (χ4n) is 3.02. The van der Waals surface area contributed by atoms with Crippen molar-refractivity contribution < 1.29 is 4.79 Å². The van der Waals surface area contributed by atoms with E-state index in [1.807, 2.05) is 11.8 Å². The number of thioether (sulfide) groups is 1. The van der Waals surface area contributed by atoms with Gasteiger partial charge in [-0.1, -0.05) is 36.9 Å². The van der Waals surface area contributed by atoms with Gasteiger partial charge in [0.1, 0.15) is 0 Å². The lowest BCUT2D eigenvalue weighted by atomic mass is 9.92. The summed E-state index contributed by atoms with van der Waals surface area (Å²) in [6.07, 6.45) is 3.67. The molecule has 0 aromatic carbocycles. The van der Waals surface area contributed by atoms with E-state index in [2.05, 4.69) is 29.4 Å². The van der Waals surface area contributed by atoms with Crippen LogP contribution in [0.25, 0.3) is 0 Å². The third-order valence-corrected chi connectivity index (χ3v) is 6.14. The topological polar surface area (TPSA) is 58.1 Å². The van der Waals surface area contributed by atoms with E-state index in [-0.39, 0.29) is 11.2 Å². The van der Waals surface area contributed by atoms with Crippen LogP contribution in [0.3, 0.4) is 0 Å². The molecule has 1 aromatic rings. The number of hydrogen-bond donors (Lipinski definition) is 1. The zero-order chi connectivity index (χ0) is 15.7. The van der Waals surface area contributed by atoms with Gasteiger partial charge in [-0.05, 0) is 38.0 Å². The minimum Gasteiger partial charge on any atom is -0.357 e. The van der Waals surface area contributed by atoms with Crippen LogP contribution >= 0.6 is 23.1 Å². The fourth-order valence-corrected chi connectivity index (χ4v) is 5.08. The van der Waals surface area contributed by atoms with Crippen molar-refractivity contribution in [2.45, 2.75) is 55.7 Å². The maximum absolute atomic E-state index is 12.6. The Morgan fingerprint density at radius 1 is 1.32 bits per heavy atom. The second-order valence-corrected chi connectivity index (χ2v) is 9.31. The van der Waals surface area contributed by atoms with E-state index in [1.54, 1.807) is 11.3 Å². The molecule has 0 bridgehead atoms. The van der Waals surface area contributed by atoms with Gasteiger partial charge in [0.05, 0.1) is 5.25 Å². The van der Waals surface area contributed by atoms with Crippen molar-refractivity contribution in [3.05, 3.63) is 0 Å². The number of hydrogen-bond acceptors (Lipinski definition) is 6.